The van der Waals surface area contributed by atoms with Crippen LogP contribution in [0.15, 0.2) is 0 Å². The van der Waals surface area contributed by atoms with Crippen LogP contribution in [0, 0.1) is 11.3 Å². The summed E-state index contributed by atoms with van der Waals surface area (Å²) in [6.07, 6.45) is 5.92. The van der Waals surface area contributed by atoms with Crippen LogP contribution in [0.5, 0.6) is 0 Å². The molecule has 5 nitrogen and oxygen atoms in total. The summed E-state index contributed by atoms with van der Waals surface area (Å²) in [6.45, 7) is 6.88. The first-order valence-electron chi connectivity index (χ1n) is 7.57. The number of hydrogen-bond donors (Lipinski definition) is 3. The number of carbonyl (C=O) groups excluding carboxylic acids is 1. The Hall–Kier alpha value is -1.26. The maximum atomic E-state index is 11.8. The van der Waals surface area contributed by atoms with Crippen LogP contribution >= 0.6 is 0 Å². The molecule has 0 aliphatic heterocycles. The SMILES string of the molecule is CC(C)(C)CCNC(=O)NC(C(=O)O)C1CCCCC1. The summed E-state index contributed by atoms with van der Waals surface area (Å²) in [5.41, 5.74) is 0.156. The zero-order valence-corrected chi connectivity index (χ0v) is 12.9. The molecule has 0 aromatic heterocycles. The van der Waals surface area contributed by atoms with Crippen LogP contribution in [-0.4, -0.2) is 29.7 Å². The van der Waals surface area contributed by atoms with Gasteiger partial charge in [-0.05, 0) is 30.6 Å². The molecule has 0 saturated heterocycles. The Morgan fingerprint density at radius 1 is 1.20 bits per heavy atom. The normalized spacial score (nSPS) is 18.4. The highest BCUT2D eigenvalue weighted by atomic mass is 16.4. The van der Waals surface area contributed by atoms with Gasteiger partial charge in [0.1, 0.15) is 6.04 Å². The van der Waals surface area contributed by atoms with E-state index in [1.165, 1.54) is 6.42 Å². The minimum absolute atomic E-state index is 0.0645. The molecule has 0 aromatic rings. The highest BCUT2D eigenvalue weighted by molar-refractivity contribution is 5.82. The predicted molar refractivity (Wildman–Crippen MR) is 78.6 cm³/mol. The Labute approximate surface area is 121 Å². The van der Waals surface area contributed by atoms with Gasteiger partial charge in [-0.3, -0.25) is 0 Å². The lowest BCUT2D eigenvalue weighted by molar-refractivity contribution is -0.141. The molecule has 0 aromatic carbocycles. The summed E-state index contributed by atoms with van der Waals surface area (Å²) in [5.74, 6) is -0.863. The van der Waals surface area contributed by atoms with Crippen LogP contribution in [0.1, 0.15) is 59.3 Å². The molecule has 1 saturated carbocycles. The molecule has 1 atom stereocenters. The van der Waals surface area contributed by atoms with E-state index >= 15 is 0 Å². The van der Waals surface area contributed by atoms with E-state index in [1.54, 1.807) is 0 Å². The van der Waals surface area contributed by atoms with Gasteiger partial charge in [0.2, 0.25) is 0 Å². The molecule has 1 fully saturated rings. The van der Waals surface area contributed by atoms with Crippen molar-refractivity contribution in [3.63, 3.8) is 0 Å². The third kappa shape index (κ3) is 6.26. The highest BCUT2D eigenvalue weighted by Gasteiger charge is 2.30. The topological polar surface area (TPSA) is 78.4 Å². The number of carboxylic acid groups (broad SMARTS) is 1. The van der Waals surface area contributed by atoms with Crippen molar-refractivity contribution in [3.8, 4) is 0 Å². The molecule has 0 radical (unpaired) electrons. The zero-order valence-electron chi connectivity index (χ0n) is 12.9. The third-order valence-corrected chi connectivity index (χ3v) is 3.83. The molecule has 1 aliphatic carbocycles. The van der Waals surface area contributed by atoms with Gasteiger partial charge in [-0.25, -0.2) is 9.59 Å². The number of rotatable bonds is 5. The summed E-state index contributed by atoms with van der Waals surface area (Å²) < 4.78 is 0. The Kier molecular flexibility index (Phi) is 6.30. The molecule has 20 heavy (non-hydrogen) atoms. The molecular weight excluding hydrogens is 256 g/mol. The fourth-order valence-corrected chi connectivity index (χ4v) is 2.59. The Morgan fingerprint density at radius 2 is 1.80 bits per heavy atom. The van der Waals surface area contributed by atoms with E-state index in [0.717, 1.165) is 32.1 Å². The Morgan fingerprint density at radius 3 is 2.30 bits per heavy atom. The fraction of sp³-hybridized carbons (Fsp3) is 0.867. The molecule has 1 rings (SSSR count). The maximum absolute atomic E-state index is 11.8. The van der Waals surface area contributed by atoms with E-state index < -0.39 is 12.0 Å². The lowest BCUT2D eigenvalue weighted by atomic mass is 9.84. The van der Waals surface area contributed by atoms with E-state index in [2.05, 4.69) is 31.4 Å². The largest absolute Gasteiger partial charge is 0.480 e. The monoisotopic (exact) mass is 284 g/mol. The summed E-state index contributed by atoms with van der Waals surface area (Å²) in [5, 5.41) is 14.7. The van der Waals surface area contributed by atoms with Gasteiger partial charge in [-0.2, -0.15) is 0 Å². The second kappa shape index (κ2) is 7.50. The van der Waals surface area contributed by atoms with Crippen LogP contribution < -0.4 is 10.6 Å². The van der Waals surface area contributed by atoms with E-state index in [4.69, 9.17) is 0 Å². The van der Waals surface area contributed by atoms with Crippen molar-refractivity contribution in [1.29, 1.82) is 0 Å². The van der Waals surface area contributed by atoms with Gasteiger partial charge in [0.25, 0.3) is 0 Å². The fourth-order valence-electron chi connectivity index (χ4n) is 2.59. The third-order valence-electron chi connectivity index (χ3n) is 3.83. The van der Waals surface area contributed by atoms with Gasteiger partial charge in [0, 0.05) is 6.54 Å². The van der Waals surface area contributed by atoms with Crippen molar-refractivity contribution in [2.24, 2.45) is 11.3 Å². The minimum Gasteiger partial charge on any atom is -0.480 e. The molecule has 1 aliphatic rings. The number of carboxylic acids is 1. The zero-order chi connectivity index (χ0) is 15.2. The first-order chi connectivity index (χ1) is 9.29. The standard InChI is InChI=1S/C15H28N2O3/c1-15(2,3)9-10-16-14(20)17-12(13(18)19)11-7-5-4-6-8-11/h11-12H,4-10H2,1-3H3,(H,18,19)(H2,16,17,20). The average molecular weight is 284 g/mol. The van der Waals surface area contributed by atoms with Crippen LogP contribution in [0.2, 0.25) is 0 Å². The van der Waals surface area contributed by atoms with Crippen LogP contribution in [0.4, 0.5) is 4.79 Å². The van der Waals surface area contributed by atoms with Gasteiger partial charge in [0.15, 0.2) is 0 Å². The molecule has 0 spiro atoms. The lowest BCUT2D eigenvalue weighted by Crippen LogP contribution is -2.50. The average Bonchev–Trinajstić information content (AvgIpc) is 2.35. The first kappa shape index (κ1) is 16.8. The lowest BCUT2D eigenvalue weighted by Gasteiger charge is -2.28. The summed E-state index contributed by atoms with van der Waals surface area (Å²) in [6, 6.07) is -1.13. The van der Waals surface area contributed by atoms with Gasteiger partial charge in [0.05, 0.1) is 0 Å². The molecule has 0 heterocycles. The second-order valence-corrected chi connectivity index (χ2v) is 6.92. The molecule has 0 bridgehead atoms. The molecule has 116 valence electrons. The maximum Gasteiger partial charge on any atom is 0.326 e. The quantitative estimate of drug-likeness (QED) is 0.726. The van der Waals surface area contributed by atoms with Gasteiger partial charge < -0.3 is 15.7 Å². The van der Waals surface area contributed by atoms with E-state index in [0.29, 0.717) is 6.54 Å². The van der Waals surface area contributed by atoms with E-state index in [1.807, 2.05) is 0 Å². The van der Waals surface area contributed by atoms with E-state index in [9.17, 15) is 14.7 Å². The highest BCUT2D eigenvalue weighted by Crippen LogP contribution is 2.26. The summed E-state index contributed by atoms with van der Waals surface area (Å²) >= 11 is 0. The second-order valence-electron chi connectivity index (χ2n) is 6.92. The molecular formula is C15H28N2O3. The van der Waals surface area contributed by atoms with Gasteiger partial charge in [-0.15, -0.1) is 0 Å². The molecule has 3 N–H and O–H groups in total. The summed E-state index contributed by atoms with van der Waals surface area (Å²) in [4.78, 5) is 23.1. The van der Waals surface area contributed by atoms with Crippen molar-refractivity contribution >= 4 is 12.0 Å². The number of carbonyl (C=O) groups is 2. The summed E-state index contributed by atoms with van der Waals surface area (Å²) in [7, 11) is 0. The smallest absolute Gasteiger partial charge is 0.326 e. The molecule has 5 heteroatoms. The number of urea groups is 1. The Bertz CT molecular complexity index is 331. The van der Waals surface area contributed by atoms with Crippen molar-refractivity contribution in [3.05, 3.63) is 0 Å². The molecule has 2 amide bonds. The van der Waals surface area contributed by atoms with Crippen molar-refractivity contribution in [2.75, 3.05) is 6.54 Å². The van der Waals surface area contributed by atoms with Gasteiger partial charge in [-0.1, -0.05) is 40.0 Å². The molecule has 1 unspecified atom stereocenters. The minimum atomic E-state index is -0.928. The van der Waals surface area contributed by atoms with E-state index in [-0.39, 0.29) is 17.4 Å². The van der Waals surface area contributed by atoms with Crippen LogP contribution in [0.3, 0.4) is 0 Å². The van der Waals surface area contributed by atoms with Crippen molar-refractivity contribution in [2.45, 2.75) is 65.3 Å². The van der Waals surface area contributed by atoms with Crippen molar-refractivity contribution in [1.82, 2.24) is 10.6 Å². The number of aliphatic carboxylic acids is 1. The number of amides is 2. The van der Waals surface area contributed by atoms with Crippen molar-refractivity contribution < 1.29 is 14.7 Å². The Balaban J connectivity index is 2.41. The van der Waals surface area contributed by atoms with Crippen LogP contribution in [-0.2, 0) is 4.79 Å². The number of nitrogens with one attached hydrogen (secondary N) is 2. The van der Waals surface area contributed by atoms with Gasteiger partial charge >= 0.3 is 12.0 Å². The van der Waals surface area contributed by atoms with Crippen LogP contribution in [0.25, 0.3) is 0 Å². The first-order valence-corrected chi connectivity index (χ1v) is 7.57. The number of hydrogen-bond acceptors (Lipinski definition) is 2. The predicted octanol–water partition coefficient (Wildman–Crippen LogP) is 2.76.